The minimum absolute atomic E-state index is 0.0636. The lowest BCUT2D eigenvalue weighted by atomic mass is 9.81. The average molecular weight is 473 g/mol. The molecular formula is C34H36N2. The van der Waals surface area contributed by atoms with E-state index in [-0.39, 0.29) is 5.41 Å². The topological polar surface area (TPSA) is 38.4 Å². The number of rotatable bonds is 5. The Morgan fingerprint density at radius 2 is 1.33 bits per heavy atom. The van der Waals surface area contributed by atoms with Gasteiger partial charge in [-0.25, -0.2) is 4.99 Å². The quantitative estimate of drug-likeness (QED) is 0.230. The van der Waals surface area contributed by atoms with E-state index in [2.05, 4.69) is 87.5 Å². The molecule has 0 atom stereocenters. The summed E-state index contributed by atoms with van der Waals surface area (Å²) in [4.78, 5) is 4.92. The van der Waals surface area contributed by atoms with E-state index in [4.69, 9.17) is 10.7 Å². The predicted octanol–water partition coefficient (Wildman–Crippen LogP) is 8.32. The zero-order chi connectivity index (χ0) is 25.7. The number of amidine groups is 1. The average Bonchev–Trinajstić information content (AvgIpc) is 3.14. The van der Waals surface area contributed by atoms with Crippen molar-refractivity contribution in [3.05, 3.63) is 137 Å². The van der Waals surface area contributed by atoms with Crippen LogP contribution in [0.5, 0.6) is 0 Å². The first-order valence-corrected chi connectivity index (χ1v) is 12.8. The molecule has 0 spiro atoms. The molecular weight excluding hydrogens is 436 g/mol. The third kappa shape index (κ3) is 5.04. The van der Waals surface area contributed by atoms with Gasteiger partial charge in [0.25, 0.3) is 0 Å². The van der Waals surface area contributed by atoms with E-state index in [9.17, 15) is 0 Å². The van der Waals surface area contributed by atoms with Gasteiger partial charge in [0, 0.05) is 16.5 Å². The van der Waals surface area contributed by atoms with E-state index in [1.54, 1.807) is 0 Å². The van der Waals surface area contributed by atoms with Gasteiger partial charge in [-0.05, 0) is 47.2 Å². The molecule has 0 heterocycles. The molecule has 0 amide bonds. The van der Waals surface area contributed by atoms with Crippen LogP contribution in [0.2, 0.25) is 0 Å². The van der Waals surface area contributed by atoms with Gasteiger partial charge >= 0.3 is 0 Å². The molecule has 4 aromatic carbocycles. The van der Waals surface area contributed by atoms with Gasteiger partial charge in [-0.1, -0.05) is 130 Å². The maximum absolute atomic E-state index is 6.46. The summed E-state index contributed by atoms with van der Waals surface area (Å²) in [7, 11) is 0. The molecule has 0 aromatic heterocycles. The number of aliphatic imine (C=N–C) groups is 1. The molecule has 0 unspecified atom stereocenters. The molecule has 2 nitrogen and oxygen atoms in total. The van der Waals surface area contributed by atoms with Gasteiger partial charge < -0.3 is 5.73 Å². The summed E-state index contributed by atoms with van der Waals surface area (Å²) >= 11 is 0. The SMILES string of the molecule is CC.Cc1ccc2c(c1)C(C)(C)c1cc(/C(=C/Cc3ccccc3)N=C(N)c3ccccc3)ccc1-2. The number of fused-ring (bicyclic) bond motifs is 3. The van der Waals surface area contributed by atoms with E-state index in [1.165, 1.54) is 33.4 Å². The monoisotopic (exact) mass is 472 g/mol. The molecule has 0 saturated heterocycles. The van der Waals surface area contributed by atoms with Crippen LogP contribution < -0.4 is 5.73 Å². The third-order valence-corrected chi connectivity index (χ3v) is 6.81. The summed E-state index contributed by atoms with van der Waals surface area (Å²) in [6, 6.07) is 34.0. The molecule has 2 N–H and O–H groups in total. The van der Waals surface area contributed by atoms with Crippen molar-refractivity contribution in [1.82, 2.24) is 0 Å². The summed E-state index contributed by atoms with van der Waals surface area (Å²) in [5.74, 6) is 0.526. The number of allylic oxidation sites excluding steroid dienone is 1. The molecule has 0 bridgehead atoms. The number of nitrogens with two attached hydrogens (primary N) is 1. The number of benzene rings is 4. The van der Waals surface area contributed by atoms with E-state index in [1.807, 2.05) is 50.2 Å². The highest BCUT2D eigenvalue weighted by Gasteiger charge is 2.35. The van der Waals surface area contributed by atoms with Crippen molar-refractivity contribution < 1.29 is 0 Å². The van der Waals surface area contributed by atoms with Crippen molar-refractivity contribution in [2.24, 2.45) is 10.7 Å². The summed E-state index contributed by atoms with van der Waals surface area (Å²) in [5, 5.41) is 0. The molecule has 182 valence electrons. The second kappa shape index (κ2) is 10.8. The molecule has 0 saturated carbocycles. The lowest BCUT2D eigenvalue weighted by Crippen LogP contribution is -2.15. The van der Waals surface area contributed by atoms with Crippen LogP contribution >= 0.6 is 0 Å². The van der Waals surface area contributed by atoms with E-state index >= 15 is 0 Å². The first-order valence-electron chi connectivity index (χ1n) is 12.8. The zero-order valence-corrected chi connectivity index (χ0v) is 22.0. The van der Waals surface area contributed by atoms with Crippen LogP contribution in [0.1, 0.15) is 61.1 Å². The number of nitrogens with zero attached hydrogens (tertiary/aromatic N) is 1. The maximum atomic E-state index is 6.46. The van der Waals surface area contributed by atoms with Crippen LogP contribution in [0.15, 0.2) is 108 Å². The van der Waals surface area contributed by atoms with Crippen LogP contribution in [0.3, 0.4) is 0 Å². The predicted molar refractivity (Wildman–Crippen MR) is 155 cm³/mol. The molecule has 2 heteroatoms. The smallest absolute Gasteiger partial charge is 0.131 e. The fraction of sp³-hybridized carbons (Fsp3) is 0.206. The summed E-state index contributed by atoms with van der Waals surface area (Å²) in [6.07, 6.45) is 2.98. The fourth-order valence-corrected chi connectivity index (χ4v) is 4.87. The lowest BCUT2D eigenvalue weighted by molar-refractivity contribution is 0.659. The van der Waals surface area contributed by atoms with Crippen LogP contribution in [0, 0.1) is 6.92 Å². The Kier molecular flexibility index (Phi) is 7.55. The van der Waals surface area contributed by atoms with Gasteiger partial charge in [-0.15, -0.1) is 0 Å². The number of hydrogen-bond acceptors (Lipinski definition) is 1. The Labute approximate surface area is 216 Å². The van der Waals surface area contributed by atoms with Crippen molar-refractivity contribution in [3.8, 4) is 11.1 Å². The van der Waals surface area contributed by atoms with Gasteiger partial charge in [0.05, 0.1) is 5.70 Å². The Morgan fingerprint density at radius 3 is 2.00 bits per heavy atom. The van der Waals surface area contributed by atoms with Gasteiger partial charge in [0.15, 0.2) is 0 Å². The minimum atomic E-state index is -0.0636. The van der Waals surface area contributed by atoms with Gasteiger partial charge in [-0.2, -0.15) is 0 Å². The van der Waals surface area contributed by atoms with E-state index < -0.39 is 0 Å². The van der Waals surface area contributed by atoms with Crippen LogP contribution in [-0.4, -0.2) is 5.84 Å². The van der Waals surface area contributed by atoms with Crippen molar-refractivity contribution in [2.75, 3.05) is 0 Å². The number of aryl methyl sites for hydroxylation is 1. The van der Waals surface area contributed by atoms with Crippen molar-refractivity contribution in [1.29, 1.82) is 0 Å². The Hall–Kier alpha value is -3.91. The van der Waals surface area contributed by atoms with Crippen molar-refractivity contribution in [2.45, 2.75) is 46.5 Å². The lowest BCUT2D eigenvalue weighted by Gasteiger charge is -2.22. The standard InChI is InChI=1S/C32H30N2.C2H6/c1-22-14-17-26-27-18-16-25(21-29(27)32(2,3)28(26)20-22)30(19-15-23-10-6-4-7-11-23)34-31(33)24-12-8-5-9-13-24;1-2/h4-14,16-21H,15H2,1-3H3,(H2,33,34);1-2H3/b30-19-;. The van der Waals surface area contributed by atoms with Gasteiger partial charge in [0.2, 0.25) is 0 Å². The molecule has 1 aliphatic rings. The molecule has 0 radical (unpaired) electrons. The normalized spacial score (nSPS) is 13.9. The summed E-state index contributed by atoms with van der Waals surface area (Å²) in [5.41, 5.74) is 17.2. The largest absolute Gasteiger partial charge is 0.383 e. The first kappa shape index (κ1) is 25.2. The van der Waals surface area contributed by atoms with E-state index in [0.29, 0.717) is 5.84 Å². The summed E-state index contributed by atoms with van der Waals surface area (Å²) < 4.78 is 0. The van der Waals surface area contributed by atoms with Gasteiger partial charge in [-0.3, -0.25) is 0 Å². The first-order chi connectivity index (χ1) is 17.4. The van der Waals surface area contributed by atoms with Crippen LogP contribution in [0.4, 0.5) is 0 Å². The second-order valence-electron chi connectivity index (χ2n) is 9.58. The second-order valence-corrected chi connectivity index (χ2v) is 9.58. The van der Waals surface area contributed by atoms with Gasteiger partial charge in [0.1, 0.15) is 5.84 Å². The highest BCUT2D eigenvalue weighted by Crippen LogP contribution is 2.49. The Balaban J connectivity index is 0.00000148. The number of hydrogen-bond donors (Lipinski definition) is 1. The maximum Gasteiger partial charge on any atom is 0.131 e. The Morgan fingerprint density at radius 1 is 0.750 bits per heavy atom. The minimum Gasteiger partial charge on any atom is -0.383 e. The van der Waals surface area contributed by atoms with Crippen molar-refractivity contribution >= 4 is 11.5 Å². The molecule has 0 fully saturated rings. The Bertz CT molecular complexity index is 1390. The molecule has 0 aliphatic heterocycles. The van der Waals surface area contributed by atoms with E-state index in [0.717, 1.165) is 23.2 Å². The zero-order valence-electron chi connectivity index (χ0n) is 22.0. The molecule has 36 heavy (non-hydrogen) atoms. The highest BCUT2D eigenvalue weighted by molar-refractivity contribution is 6.00. The summed E-state index contributed by atoms with van der Waals surface area (Å²) in [6.45, 7) is 10.8. The third-order valence-electron chi connectivity index (χ3n) is 6.81. The van der Waals surface area contributed by atoms with Crippen molar-refractivity contribution in [3.63, 3.8) is 0 Å². The molecule has 4 aromatic rings. The molecule has 1 aliphatic carbocycles. The van der Waals surface area contributed by atoms with Crippen LogP contribution in [-0.2, 0) is 11.8 Å². The highest BCUT2D eigenvalue weighted by atomic mass is 14.9. The fourth-order valence-electron chi connectivity index (χ4n) is 4.87. The molecule has 5 rings (SSSR count). The van der Waals surface area contributed by atoms with Crippen LogP contribution in [0.25, 0.3) is 16.8 Å².